The second kappa shape index (κ2) is 3.08. The summed E-state index contributed by atoms with van der Waals surface area (Å²) in [5.41, 5.74) is 6.22. The number of anilines is 1. The molecule has 0 saturated heterocycles. The van der Waals surface area contributed by atoms with Crippen molar-refractivity contribution in [3.8, 4) is 0 Å². The molecule has 0 aliphatic carbocycles. The summed E-state index contributed by atoms with van der Waals surface area (Å²) in [6.45, 7) is 3.77. The summed E-state index contributed by atoms with van der Waals surface area (Å²) in [6, 6.07) is 0. The Hall–Kier alpha value is -1.52. The summed E-state index contributed by atoms with van der Waals surface area (Å²) in [6.07, 6.45) is 0. The first kappa shape index (κ1) is 9.57. The summed E-state index contributed by atoms with van der Waals surface area (Å²) in [5, 5.41) is 12.9. The zero-order chi connectivity index (χ0) is 10.2. The van der Waals surface area contributed by atoms with E-state index in [1.807, 2.05) is 13.8 Å². The number of nitrogens with zero attached hydrogens (tertiary/aromatic N) is 2. The Morgan fingerprint density at radius 3 is 2.46 bits per heavy atom. The van der Waals surface area contributed by atoms with Crippen LogP contribution in [0.15, 0.2) is 0 Å². The van der Waals surface area contributed by atoms with Gasteiger partial charge in [0.15, 0.2) is 0 Å². The maximum atomic E-state index is 10.8. The monoisotopic (exact) mass is 183 g/mol. The molecule has 13 heavy (non-hydrogen) atoms. The highest BCUT2D eigenvalue weighted by Gasteiger charge is 2.21. The summed E-state index contributed by atoms with van der Waals surface area (Å²) in [7, 11) is 1.63. The van der Waals surface area contributed by atoms with Crippen LogP contribution in [0.5, 0.6) is 0 Å². The van der Waals surface area contributed by atoms with Crippen molar-refractivity contribution in [1.29, 1.82) is 0 Å². The Morgan fingerprint density at radius 2 is 2.15 bits per heavy atom. The van der Waals surface area contributed by atoms with E-state index in [9.17, 15) is 4.79 Å². The number of nitrogen functional groups attached to an aromatic ring is 1. The highest BCUT2D eigenvalue weighted by atomic mass is 16.4. The van der Waals surface area contributed by atoms with Crippen LogP contribution in [0.25, 0.3) is 0 Å². The number of aromatic nitrogens is 2. The van der Waals surface area contributed by atoms with Crippen molar-refractivity contribution >= 4 is 11.8 Å². The molecule has 0 bridgehead atoms. The van der Waals surface area contributed by atoms with Crippen LogP contribution in [0.4, 0.5) is 5.82 Å². The van der Waals surface area contributed by atoms with Crippen LogP contribution in [-0.4, -0.2) is 20.9 Å². The zero-order valence-electron chi connectivity index (χ0n) is 7.90. The summed E-state index contributed by atoms with van der Waals surface area (Å²) >= 11 is 0. The molecule has 0 aliphatic rings. The molecule has 0 aromatic carbocycles. The predicted octanol–water partition coefficient (Wildman–Crippen LogP) is 0.824. The Morgan fingerprint density at radius 1 is 1.62 bits per heavy atom. The second-order valence-electron chi connectivity index (χ2n) is 3.23. The van der Waals surface area contributed by atoms with E-state index in [0.717, 1.165) is 0 Å². The highest BCUT2D eigenvalue weighted by Crippen LogP contribution is 2.22. The third kappa shape index (κ3) is 1.49. The van der Waals surface area contributed by atoms with E-state index in [1.165, 1.54) is 4.68 Å². The molecule has 0 radical (unpaired) electrons. The van der Waals surface area contributed by atoms with Crippen molar-refractivity contribution in [3.63, 3.8) is 0 Å². The standard InChI is InChI=1S/C8H13N3O2/c1-4(2)6-5(8(12)13)7(9)11(3)10-6/h4H,9H2,1-3H3,(H,12,13). The predicted molar refractivity (Wildman–Crippen MR) is 48.7 cm³/mol. The minimum absolute atomic E-state index is 0.0644. The van der Waals surface area contributed by atoms with Gasteiger partial charge in [-0.2, -0.15) is 5.10 Å². The van der Waals surface area contributed by atoms with Crippen molar-refractivity contribution in [3.05, 3.63) is 11.3 Å². The van der Waals surface area contributed by atoms with Crippen LogP contribution in [0.2, 0.25) is 0 Å². The number of hydrogen-bond acceptors (Lipinski definition) is 3. The van der Waals surface area contributed by atoms with E-state index in [-0.39, 0.29) is 17.3 Å². The summed E-state index contributed by atoms with van der Waals surface area (Å²) in [4.78, 5) is 10.8. The van der Waals surface area contributed by atoms with Gasteiger partial charge in [-0.25, -0.2) is 4.79 Å². The molecular formula is C8H13N3O2. The smallest absolute Gasteiger partial charge is 0.341 e. The van der Waals surface area contributed by atoms with Gasteiger partial charge < -0.3 is 10.8 Å². The number of carboxylic acid groups (broad SMARTS) is 1. The van der Waals surface area contributed by atoms with Crippen molar-refractivity contribution in [1.82, 2.24) is 9.78 Å². The normalized spacial score (nSPS) is 10.8. The summed E-state index contributed by atoms with van der Waals surface area (Å²) < 4.78 is 1.39. The zero-order valence-corrected chi connectivity index (χ0v) is 7.90. The van der Waals surface area contributed by atoms with Gasteiger partial charge in [0, 0.05) is 7.05 Å². The van der Waals surface area contributed by atoms with E-state index in [1.54, 1.807) is 7.05 Å². The van der Waals surface area contributed by atoms with Gasteiger partial charge in [0.05, 0.1) is 5.69 Å². The van der Waals surface area contributed by atoms with E-state index in [4.69, 9.17) is 10.8 Å². The lowest BCUT2D eigenvalue weighted by Gasteiger charge is -2.00. The van der Waals surface area contributed by atoms with Gasteiger partial charge in [-0.05, 0) is 5.92 Å². The number of carboxylic acids is 1. The van der Waals surface area contributed by atoms with Crippen LogP contribution in [0.1, 0.15) is 35.8 Å². The Bertz CT molecular complexity index is 341. The van der Waals surface area contributed by atoms with Crippen LogP contribution in [0.3, 0.4) is 0 Å². The fraction of sp³-hybridized carbons (Fsp3) is 0.500. The van der Waals surface area contributed by atoms with Gasteiger partial charge in [0.1, 0.15) is 11.4 Å². The molecule has 72 valence electrons. The van der Waals surface area contributed by atoms with Crippen LogP contribution >= 0.6 is 0 Å². The maximum Gasteiger partial charge on any atom is 0.341 e. The molecule has 0 saturated carbocycles. The van der Waals surface area contributed by atoms with Gasteiger partial charge in [-0.1, -0.05) is 13.8 Å². The Kier molecular flexibility index (Phi) is 2.27. The highest BCUT2D eigenvalue weighted by molar-refractivity contribution is 5.94. The van der Waals surface area contributed by atoms with Crippen molar-refractivity contribution in [2.24, 2.45) is 7.05 Å². The molecule has 1 aromatic rings. The van der Waals surface area contributed by atoms with Crippen LogP contribution < -0.4 is 5.73 Å². The quantitative estimate of drug-likeness (QED) is 0.711. The molecule has 0 atom stereocenters. The van der Waals surface area contributed by atoms with Gasteiger partial charge in [-0.3, -0.25) is 4.68 Å². The van der Waals surface area contributed by atoms with Crippen molar-refractivity contribution < 1.29 is 9.90 Å². The number of aryl methyl sites for hydroxylation is 1. The Balaban J connectivity index is 3.35. The fourth-order valence-corrected chi connectivity index (χ4v) is 1.18. The fourth-order valence-electron chi connectivity index (χ4n) is 1.18. The lowest BCUT2D eigenvalue weighted by Crippen LogP contribution is -2.05. The van der Waals surface area contributed by atoms with Crippen LogP contribution in [-0.2, 0) is 7.05 Å². The number of rotatable bonds is 2. The van der Waals surface area contributed by atoms with E-state index < -0.39 is 5.97 Å². The first-order valence-electron chi connectivity index (χ1n) is 4.00. The van der Waals surface area contributed by atoms with Crippen molar-refractivity contribution in [2.75, 3.05) is 5.73 Å². The van der Waals surface area contributed by atoms with E-state index in [2.05, 4.69) is 5.10 Å². The lowest BCUT2D eigenvalue weighted by molar-refractivity contribution is 0.0696. The molecule has 0 spiro atoms. The average Bonchev–Trinajstić information content (AvgIpc) is 2.28. The molecule has 1 heterocycles. The van der Waals surface area contributed by atoms with Gasteiger partial charge >= 0.3 is 5.97 Å². The second-order valence-corrected chi connectivity index (χ2v) is 3.23. The third-order valence-electron chi connectivity index (χ3n) is 1.88. The molecule has 3 N–H and O–H groups in total. The molecule has 5 nitrogen and oxygen atoms in total. The molecule has 1 aromatic heterocycles. The van der Waals surface area contributed by atoms with E-state index in [0.29, 0.717) is 5.69 Å². The maximum absolute atomic E-state index is 10.8. The lowest BCUT2D eigenvalue weighted by atomic mass is 10.1. The van der Waals surface area contributed by atoms with E-state index >= 15 is 0 Å². The number of carbonyl (C=O) groups is 1. The third-order valence-corrected chi connectivity index (χ3v) is 1.88. The minimum Gasteiger partial charge on any atom is -0.477 e. The Labute approximate surface area is 76.2 Å². The van der Waals surface area contributed by atoms with Gasteiger partial charge in [-0.15, -0.1) is 0 Å². The molecule has 0 fully saturated rings. The first-order valence-corrected chi connectivity index (χ1v) is 4.00. The topological polar surface area (TPSA) is 81.1 Å². The molecule has 0 amide bonds. The summed E-state index contributed by atoms with van der Waals surface area (Å²) in [5.74, 6) is -0.750. The van der Waals surface area contributed by atoms with Gasteiger partial charge in [0.25, 0.3) is 0 Å². The minimum atomic E-state index is -1.02. The number of hydrogen-bond donors (Lipinski definition) is 2. The number of nitrogens with two attached hydrogens (primary N) is 1. The molecule has 0 aliphatic heterocycles. The molecule has 5 heteroatoms. The molecular weight excluding hydrogens is 170 g/mol. The molecule has 0 unspecified atom stereocenters. The average molecular weight is 183 g/mol. The van der Waals surface area contributed by atoms with Crippen molar-refractivity contribution in [2.45, 2.75) is 19.8 Å². The number of aromatic carboxylic acids is 1. The first-order chi connectivity index (χ1) is 5.95. The van der Waals surface area contributed by atoms with Crippen LogP contribution in [0, 0.1) is 0 Å². The largest absolute Gasteiger partial charge is 0.477 e. The van der Waals surface area contributed by atoms with Gasteiger partial charge in [0.2, 0.25) is 0 Å². The molecule has 1 rings (SSSR count). The SMILES string of the molecule is CC(C)c1nn(C)c(N)c1C(=O)O.